The predicted molar refractivity (Wildman–Crippen MR) is 100 cm³/mol. The van der Waals surface area contributed by atoms with E-state index in [1.54, 1.807) is 7.11 Å². The largest absolute Gasteiger partial charge is 0.497 e. The Labute approximate surface area is 153 Å². The minimum atomic E-state index is 0. The molecule has 0 saturated carbocycles. The Morgan fingerprint density at radius 3 is 3.04 bits per heavy atom. The smallest absolute Gasteiger partial charge is 0.134 e. The summed E-state index contributed by atoms with van der Waals surface area (Å²) in [6.45, 7) is 3.70. The summed E-state index contributed by atoms with van der Waals surface area (Å²) in [5.74, 6) is 1.83. The second-order valence-electron chi connectivity index (χ2n) is 6.09. The first-order chi connectivity index (χ1) is 11.8. The number of fused-ring (bicyclic) bond motifs is 1. The van der Waals surface area contributed by atoms with Crippen LogP contribution in [0.1, 0.15) is 17.4 Å². The minimum Gasteiger partial charge on any atom is -0.497 e. The molecule has 1 aromatic carbocycles. The minimum absolute atomic E-state index is 0. The summed E-state index contributed by atoms with van der Waals surface area (Å²) in [6.07, 6.45) is 3.77. The lowest BCUT2D eigenvalue weighted by atomic mass is 10.1. The number of rotatable bonds is 4. The van der Waals surface area contributed by atoms with Crippen LogP contribution in [0.5, 0.6) is 5.75 Å². The molecular weight excluding hydrogens is 338 g/mol. The molecule has 0 bridgehead atoms. The van der Waals surface area contributed by atoms with E-state index in [0.29, 0.717) is 6.04 Å². The highest BCUT2D eigenvalue weighted by Crippen LogP contribution is 2.28. The van der Waals surface area contributed by atoms with Crippen molar-refractivity contribution in [2.45, 2.75) is 12.6 Å². The molecule has 2 aromatic heterocycles. The normalized spacial score (nSPS) is 18.0. The van der Waals surface area contributed by atoms with Gasteiger partial charge < -0.3 is 14.5 Å². The van der Waals surface area contributed by atoms with Gasteiger partial charge in [0.15, 0.2) is 0 Å². The van der Waals surface area contributed by atoms with Crippen molar-refractivity contribution in [2.24, 2.45) is 0 Å². The Morgan fingerprint density at radius 2 is 2.24 bits per heavy atom. The molecule has 1 fully saturated rings. The number of benzene rings is 1. The third-order valence-corrected chi connectivity index (χ3v) is 4.56. The summed E-state index contributed by atoms with van der Waals surface area (Å²) in [7, 11) is 1.68. The molecule has 1 saturated heterocycles. The van der Waals surface area contributed by atoms with Crippen molar-refractivity contribution in [1.29, 1.82) is 0 Å². The third kappa shape index (κ3) is 3.79. The highest BCUT2D eigenvalue weighted by atomic mass is 35.5. The van der Waals surface area contributed by atoms with E-state index in [1.165, 1.54) is 5.56 Å². The summed E-state index contributed by atoms with van der Waals surface area (Å²) in [4.78, 5) is 6.71. The van der Waals surface area contributed by atoms with Gasteiger partial charge in [-0.25, -0.2) is 0 Å². The second-order valence-corrected chi connectivity index (χ2v) is 6.09. The van der Waals surface area contributed by atoms with Gasteiger partial charge in [-0.05, 0) is 35.9 Å². The quantitative estimate of drug-likeness (QED) is 0.773. The van der Waals surface area contributed by atoms with Crippen LogP contribution in [-0.4, -0.2) is 36.6 Å². The van der Waals surface area contributed by atoms with E-state index >= 15 is 0 Å². The number of piperazine rings is 1. The summed E-state index contributed by atoms with van der Waals surface area (Å²) >= 11 is 0. The van der Waals surface area contributed by atoms with Gasteiger partial charge in [-0.3, -0.25) is 9.88 Å². The highest BCUT2D eigenvalue weighted by molar-refractivity contribution is 5.85. The molecule has 25 heavy (non-hydrogen) atoms. The zero-order chi connectivity index (χ0) is 16.4. The number of hydrogen-bond acceptors (Lipinski definition) is 5. The van der Waals surface area contributed by atoms with Crippen LogP contribution in [0.15, 0.2) is 53.2 Å². The first-order valence-electron chi connectivity index (χ1n) is 8.24. The van der Waals surface area contributed by atoms with Crippen molar-refractivity contribution in [3.8, 4) is 5.75 Å². The third-order valence-electron chi connectivity index (χ3n) is 4.56. The number of nitrogens with zero attached hydrogens (tertiary/aromatic N) is 2. The summed E-state index contributed by atoms with van der Waals surface area (Å²) < 4.78 is 11.3. The van der Waals surface area contributed by atoms with Gasteiger partial charge in [-0.1, -0.05) is 6.07 Å². The van der Waals surface area contributed by atoms with Crippen molar-refractivity contribution >= 4 is 23.4 Å². The van der Waals surface area contributed by atoms with E-state index < -0.39 is 0 Å². The molecule has 4 rings (SSSR count). The van der Waals surface area contributed by atoms with E-state index in [0.717, 1.165) is 48.7 Å². The van der Waals surface area contributed by atoms with E-state index in [1.807, 2.05) is 36.7 Å². The molecule has 6 heteroatoms. The molecule has 3 aromatic rings. The van der Waals surface area contributed by atoms with Crippen LogP contribution < -0.4 is 10.1 Å². The number of hydrogen-bond donors (Lipinski definition) is 1. The fourth-order valence-corrected chi connectivity index (χ4v) is 3.32. The lowest BCUT2D eigenvalue weighted by Gasteiger charge is -2.35. The Kier molecular flexibility index (Phi) is 5.58. The highest BCUT2D eigenvalue weighted by Gasteiger charge is 2.25. The summed E-state index contributed by atoms with van der Waals surface area (Å²) in [5, 5.41) is 4.56. The maximum absolute atomic E-state index is 6.02. The van der Waals surface area contributed by atoms with Crippen LogP contribution in [0.25, 0.3) is 11.0 Å². The average Bonchev–Trinajstić information content (AvgIpc) is 3.04. The van der Waals surface area contributed by atoms with Crippen LogP contribution in [0, 0.1) is 0 Å². The van der Waals surface area contributed by atoms with Crippen LogP contribution in [0.3, 0.4) is 0 Å². The average molecular weight is 360 g/mol. The van der Waals surface area contributed by atoms with Crippen LogP contribution in [-0.2, 0) is 6.54 Å². The summed E-state index contributed by atoms with van der Waals surface area (Å²) in [5.41, 5.74) is 2.14. The van der Waals surface area contributed by atoms with Gasteiger partial charge >= 0.3 is 0 Å². The molecule has 1 unspecified atom stereocenters. The fourth-order valence-electron chi connectivity index (χ4n) is 3.32. The van der Waals surface area contributed by atoms with Crippen LogP contribution in [0.2, 0.25) is 0 Å². The number of nitrogens with one attached hydrogen (secondary N) is 1. The predicted octanol–water partition coefficient (Wildman–Crippen LogP) is 3.40. The lowest BCUT2D eigenvalue weighted by Crippen LogP contribution is -2.45. The molecule has 0 radical (unpaired) electrons. The van der Waals surface area contributed by atoms with Crippen molar-refractivity contribution < 1.29 is 9.15 Å². The standard InChI is InChI=1S/C19H21N3O2.ClH/c1-23-16-4-5-19-15(9-16)10-17(24-19)13-22-8-7-21-12-18(22)14-3-2-6-20-11-14;/h2-6,9-11,18,21H,7-8,12-13H2,1H3;1H. The number of pyridine rings is 1. The maximum atomic E-state index is 6.02. The van der Waals surface area contributed by atoms with Crippen molar-refractivity contribution in [3.63, 3.8) is 0 Å². The Morgan fingerprint density at radius 1 is 1.32 bits per heavy atom. The Bertz CT molecular complexity index is 822. The molecule has 1 aliphatic heterocycles. The Hall–Kier alpha value is -2.08. The molecule has 0 aliphatic carbocycles. The molecule has 3 heterocycles. The first kappa shape index (κ1) is 17.7. The second kappa shape index (κ2) is 7.87. The number of ether oxygens (including phenoxy) is 1. The van der Waals surface area contributed by atoms with Crippen molar-refractivity contribution in [1.82, 2.24) is 15.2 Å². The molecule has 5 nitrogen and oxygen atoms in total. The molecule has 0 amide bonds. The van der Waals surface area contributed by atoms with Gasteiger partial charge in [-0.15, -0.1) is 12.4 Å². The number of furan rings is 1. The van der Waals surface area contributed by atoms with Crippen molar-refractivity contribution in [3.05, 3.63) is 60.1 Å². The molecule has 1 N–H and O–H groups in total. The SMILES string of the molecule is COc1ccc2oc(CN3CCNCC3c3cccnc3)cc2c1.Cl. The van der Waals surface area contributed by atoms with E-state index in [-0.39, 0.29) is 12.4 Å². The molecule has 132 valence electrons. The van der Waals surface area contributed by atoms with E-state index in [2.05, 4.69) is 27.3 Å². The van der Waals surface area contributed by atoms with Crippen molar-refractivity contribution in [2.75, 3.05) is 26.7 Å². The van der Waals surface area contributed by atoms with Gasteiger partial charge in [0, 0.05) is 43.5 Å². The van der Waals surface area contributed by atoms with E-state index in [4.69, 9.17) is 9.15 Å². The lowest BCUT2D eigenvalue weighted by molar-refractivity contribution is 0.143. The molecular formula is C19H22ClN3O2. The van der Waals surface area contributed by atoms with Gasteiger partial charge in [0.05, 0.1) is 13.7 Å². The number of methoxy groups -OCH3 is 1. The van der Waals surface area contributed by atoms with Gasteiger partial charge in [0.25, 0.3) is 0 Å². The fraction of sp³-hybridized carbons (Fsp3) is 0.316. The zero-order valence-electron chi connectivity index (χ0n) is 14.1. The maximum Gasteiger partial charge on any atom is 0.134 e. The van der Waals surface area contributed by atoms with Crippen LogP contribution in [0.4, 0.5) is 0 Å². The topological polar surface area (TPSA) is 50.5 Å². The van der Waals surface area contributed by atoms with Gasteiger partial charge in [0.1, 0.15) is 17.1 Å². The molecule has 1 aliphatic rings. The Balaban J connectivity index is 0.00000182. The number of halogens is 1. The van der Waals surface area contributed by atoms with Gasteiger partial charge in [-0.2, -0.15) is 0 Å². The van der Waals surface area contributed by atoms with Crippen LogP contribution >= 0.6 is 12.4 Å². The first-order valence-corrected chi connectivity index (χ1v) is 8.24. The van der Waals surface area contributed by atoms with Gasteiger partial charge in [0.2, 0.25) is 0 Å². The summed E-state index contributed by atoms with van der Waals surface area (Å²) in [6, 6.07) is 12.5. The van der Waals surface area contributed by atoms with E-state index in [9.17, 15) is 0 Å². The number of aromatic nitrogens is 1. The molecule has 1 atom stereocenters. The molecule has 0 spiro atoms. The zero-order valence-corrected chi connectivity index (χ0v) is 15.0. The monoisotopic (exact) mass is 359 g/mol.